The first-order chi connectivity index (χ1) is 9.59. The molecule has 20 heavy (non-hydrogen) atoms. The van der Waals surface area contributed by atoms with Gasteiger partial charge in [-0.05, 0) is 18.4 Å². The van der Waals surface area contributed by atoms with Crippen molar-refractivity contribution in [2.75, 3.05) is 4.90 Å². The van der Waals surface area contributed by atoms with E-state index in [0.29, 0.717) is 28.5 Å². The molecular formula is C13H10ClN3O2S. The largest absolute Gasteiger partial charge is 0.289 e. The van der Waals surface area contributed by atoms with Gasteiger partial charge in [0.05, 0.1) is 11.4 Å². The lowest BCUT2D eigenvalue weighted by Gasteiger charge is -2.24. The van der Waals surface area contributed by atoms with Gasteiger partial charge in [-0.2, -0.15) is 0 Å². The van der Waals surface area contributed by atoms with Gasteiger partial charge in [-0.25, -0.2) is 9.98 Å². The number of anilines is 1. The third-order valence-electron chi connectivity index (χ3n) is 2.96. The number of carbonyl (C=O) groups is 2. The molecule has 7 heteroatoms. The van der Waals surface area contributed by atoms with Crippen LogP contribution >= 0.6 is 22.9 Å². The van der Waals surface area contributed by atoms with Gasteiger partial charge in [0.25, 0.3) is 11.8 Å². The maximum absolute atomic E-state index is 12.4. The van der Waals surface area contributed by atoms with Gasteiger partial charge >= 0.3 is 0 Å². The third-order valence-corrected chi connectivity index (χ3v) is 4.04. The first kappa shape index (κ1) is 13.2. The van der Waals surface area contributed by atoms with Crippen LogP contribution in [0.2, 0.25) is 0 Å². The summed E-state index contributed by atoms with van der Waals surface area (Å²) in [4.78, 5) is 34.6. The van der Waals surface area contributed by atoms with Gasteiger partial charge in [0.1, 0.15) is 10.3 Å². The van der Waals surface area contributed by atoms with E-state index >= 15 is 0 Å². The summed E-state index contributed by atoms with van der Waals surface area (Å²) < 4.78 is 0. The Balaban J connectivity index is 2.22. The Morgan fingerprint density at radius 2 is 2.35 bits per heavy atom. The minimum absolute atomic E-state index is 0.317. The first-order valence-corrected chi connectivity index (χ1v) is 7.32. The molecule has 3 rings (SSSR count). The summed E-state index contributed by atoms with van der Waals surface area (Å²) in [5.41, 5.74) is 0.997. The van der Waals surface area contributed by atoms with Crippen molar-refractivity contribution < 1.29 is 9.59 Å². The highest BCUT2D eigenvalue weighted by Crippen LogP contribution is 2.32. The quantitative estimate of drug-likeness (QED) is 0.749. The molecule has 0 N–H and O–H groups in total. The second-order valence-electron chi connectivity index (χ2n) is 4.33. The first-order valence-electron chi connectivity index (χ1n) is 6.00. The van der Waals surface area contributed by atoms with Gasteiger partial charge in [0, 0.05) is 12.6 Å². The van der Waals surface area contributed by atoms with Crippen molar-refractivity contribution in [3.05, 3.63) is 28.6 Å². The number of carbonyl (C=O) groups excluding carboxylic acids is 2. The molecule has 1 aromatic rings. The van der Waals surface area contributed by atoms with E-state index in [1.165, 1.54) is 16.2 Å². The number of hydrogen-bond acceptors (Lipinski definition) is 4. The number of nitrogens with zero attached hydrogens (tertiary/aromatic N) is 3. The summed E-state index contributed by atoms with van der Waals surface area (Å²) in [7, 11) is 0. The number of amidine groups is 1. The number of amides is 2. The second-order valence-corrected chi connectivity index (χ2v) is 5.90. The van der Waals surface area contributed by atoms with Gasteiger partial charge in [-0.3, -0.25) is 14.5 Å². The fourth-order valence-corrected chi connectivity index (χ4v) is 2.92. The number of hydrogen-bond donors (Lipinski definition) is 0. The zero-order valence-corrected chi connectivity index (χ0v) is 12.1. The summed E-state index contributed by atoms with van der Waals surface area (Å²) in [5.74, 6) is -0.274. The molecule has 0 spiro atoms. The zero-order valence-electron chi connectivity index (χ0n) is 10.5. The molecule has 2 aliphatic heterocycles. The van der Waals surface area contributed by atoms with Crippen molar-refractivity contribution >= 4 is 52.0 Å². The van der Waals surface area contributed by atoms with Crippen LogP contribution in [-0.2, 0) is 4.79 Å². The van der Waals surface area contributed by atoms with Crippen molar-refractivity contribution in [3.63, 3.8) is 0 Å². The number of rotatable bonds is 1. The lowest BCUT2D eigenvalue weighted by atomic mass is 10.1. The predicted molar refractivity (Wildman–Crippen MR) is 80.1 cm³/mol. The van der Waals surface area contributed by atoms with Crippen LogP contribution in [0, 0.1) is 0 Å². The summed E-state index contributed by atoms with van der Waals surface area (Å²) >= 11 is 7.19. The highest BCUT2D eigenvalue weighted by atomic mass is 35.5. The SMILES string of the molecule is CC(Cl)C(=O)N1C2=NC=CCC2=NC(=O)c2sccc21. The maximum atomic E-state index is 12.4. The average Bonchev–Trinajstić information content (AvgIpc) is 2.86. The van der Waals surface area contributed by atoms with Crippen LogP contribution in [0.15, 0.2) is 33.7 Å². The molecule has 102 valence electrons. The van der Waals surface area contributed by atoms with Crippen molar-refractivity contribution in [1.82, 2.24) is 0 Å². The Morgan fingerprint density at radius 3 is 3.10 bits per heavy atom. The summed E-state index contributed by atoms with van der Waals surface area (Å²) in [5, 5.41) is 1.03. The highest BCUT2D eigenvalue weighted by Gasteiger charge is 2.34. The van der Waals surface area contributed by atoms with Gasteiger partial charge < -0.3 is 0 Å². The number of alkyl halides is 1. The number of halogens is 1. The van der Waals surface area contributed by atoms with Gasteiger partial charge in [0.2, 0.25) is 0 Å². The second kappa shape index (κ2) is 4.96. The number of fused-ring (bicyclic) bond motifs is 2. The Morgan fingerprint density at radius 1 is 1.55 bits per heavy atom. The van der Waals surface area contributed by atoms with E-state index < -0.39 is 5.38 Å². The molecule has 0 aliphatic carbocycles. The Bertz CT molecular complexity index is 688. The van der Waals surface area contributed by atoms with Crippen molar-refractivity contribution in [2.24, 2.45) is 9.98 Å². The molecule has 0 saturated carbocycles. The molecule has 2 amide bonds. The standard InChI is InChI=1S/C13H10ClN3O2S/c1-7(14)13(19)17-9-4-6-20-10(9)12(18)16-8-3-2-5-15-11(8)17/h2,4-7H,3H2,1H3. The van der Waals surface area contributed by atoms with Crippen molar-refractivity contribution in [3.8, 4) is 0 Å². The fourth-order valence-electron chi connectivity index (χ4n) is 2.06. The van der Waals surface area contributed by atoms with E-state index in [4.69, 9.17) is 11.6 Å². The molecule has 0 bridgehead atoms. The van der Waals surface area contributed by atoms with Crippen LogP contribution in [0.5, 0.6) is 0 Å². The van der Waals surface area contributed by atoms with Crippen molar-refractivity contribution in [2.45, 2.75) is 18.7 Å². The molecule has 5 nitrogen and oxygen atoms in total. The predicted octanol–water partition coefficient (Wildman–Crippen LogP) is 2.62. The Hall–Kier alpha value is -1.79. The lowest BCUT2D eigenvalue weighted by Crippen LogP contribution is -2.44. The maximum Gasteiger partial charge on any atom is 0.289 e. The molecule has 1 atom stereocenters. The molecular weight excluding hydrogens is 298 g/mol. The molecule has 1 unspecified atom stereocenters. The summed E-state index contributed by atoms with van der Waals surface area (Å²) in [6.07, 6.45) is 3.87. The molecule has 0 radical (unpaired) electrons. The smallest absolute Gasteiger partial charge is 0.272 e. The fraction of sp³-hybridized carbons (Fsp3) is 0.231. The van der Waals surface area contributed by atoms with E-state index in [-0.39, 0.29) is 11.8 Å². The number of thiophene rings is 1. The van der Waals surface area contributed by atoms with E-state index in [0.717, 1.165) is 0 Å². The van der Waals surface area contributed by atoms with Crippen LogP contribution in [0.4, 0.5) is 5.69 Å². The van der Waals surface area contributed by atoms with E-state index in [9.17, 15) is 9.59 Å². The zero-order chi connectivity index (χ0) is 14.3. The minimum atomic E-state index is -0.717. The van der Waals surface area contributed by atoms with Gasteiger partial charge in [-0.1, -0.05) is 6.08 Å². The number of allylic oxidation sites excluding steroid dienone is 1. The highest BCUT2D eigenvalue weighted by molar-refractivity contribution is 7.13. The summed E-state index contributed by atoms with van der Waals surface area (Å²) in [6.45, 7) is 1.60. The molecule has 0 saturated heterocycles. The Labute approximate surface area is 124 Å². The topological polar surface area (TPSA) is 62.1 Å². The van der Waals surface area contributed by atoms with Crippen molar-refractivity contribution in [1.29, 1.82) is 0 Å². The molecule has 0 fully saturated rings. The van der Waals surface area contributed by atoms with E-state index in [1.54, 1.807) is 30.6 Å². The van der Waals surface area contributed by atoms with Crippen LogP contribution < -0.4 is 4.90 Å². The molecule has 1 aromatic heterocycles. The Kier molecular flexibility index (Phi) is 3.27. The lowest BCUT2D eigenvalue weighted by molar-refractivity contribution is -0.117. The minimum Gasteiger partial charge on any atom is -0.272 e. The normalized spacial score (nSPS) is 18.7. The average molecular weight is 308 g/mol. The van der Waals surface area contributed by atoms with Crippen LogP contribution in [-0.4, -0.2) is 28.7 Å². The molecule has 3 heterocycles. The number of aliphatic imine (C=N–C) groups is 2. The van der Waals surface area contributed by atoms with Crippen LogP contribution in [0.25, 0.3) is 0 Å². The molecule has 0 aromatic carbocycles. The van der Waals surface area contributed by atoms with Gasteiger partial charge in [0.15, 0.2) is 5.84 Å². The summed E-state index contributed by atoms with van der Waals surface area (Å²) in [6, 6.07) is 1.72. The van der Waals surface area contributed by atoms with E-state index in [1.807, 2.05) is 0 Å². The van der Waals surface area contributed by atoms with Crippen LogP contribution in [0.3, 0.4) is 0 Å². The van der Waals surface area contributed by atoms with E-state index in [2.05, 4.69) is 9.98 Å². The molecule has 2 aliphatic rings. The van der Waals surface area contributed by atoms with Crippen LogP contribution in [0.1, 0.15) is 23.0 Å². The monoisotopic (exact) mass is 307 g/mol. The third kappa shape index (κ3) is 2.01. The van der Waals surface area contributed by atoms with Gasteiger partial charge in [-0.15, -0.1) is 22.9 Å².